The van der Waals surface area contributed by atoms with Crippen LogP contribution in [0.2, 0.25) is 0 Å². The van der Waals surface area contributed by atoms with Crippen molar-refractivity contribution in [3.05, 3.63) is 0 Å². The molecule has 1 aliphatic heterocycles. The van der Waals surface area contributed by atoms with E-state index in [2.05, 4.69) is 0 Å². The number of aliphatic hydroxyl groups is 2. The molecule has 0 aromatic carbocycles. The van der Waals surface area contributed by atoms with Gasteiger partial charge in [-0.05, 0) is 6.92 Å². The molecule has 4 atom stereocenters. The maximum Gasteiger partial charge on any atom is 0.186 e. The second-order valence-electron chi connectivity index (χ2n) is 2.43. The first kappa shape index (κ1) is 7.94. The van der Waals surface area contributed by atoms with Gasteiger partial charge in [-0.15, -0.1) is 0 Å². The Kier molecular flexibility index (Phi) is 2.25. The summed E-state index contributed by atoms with van der Waals surface area (Å²) in [7, 11) is 1.43. The highest BCUT2D eigenvalue weighted by molar-refractivity contribution is 4.83. The van der Waals surface area contributed by atoms with Crippen molar-refractivity contribution in [1.29, 1.82) is 0 Å². The van der Waals surface area contributed by atoms with Gasteiger partial charge in [-0.1, -0.05) is 0 Å². The molecule has 0 aromatic heterocycles. The van der Waals surface area contributed by atoms with E-state index in [9.17, 15) is 0 Å². The normalized spacial score (nSPS) is 48.0. The van der Waals surface area contributed by atoms with Crippen LogP contribution in [-0.2, 0) is 9.47 Å². The van der Waals surface area contributed by atoms with Gasteiger partial charge >= 0.3 is 0 Å². The van der Waals surface area contributed by atoms with Gasteiger partial charge in [0.15, 0.2) is 6.29 Å². The van der Waals surface area contributed by atoms with Crippen LogP contribution in [0.15, 0.2) is 0 Å². The molecule has 1 heterocycles. The van der Waals surface area contributed by atoms with Crippen molar-refractivity contribution in [3.8, 4) is 0 Å². The van der Waals surface area contributed by atoms with Crippen molar-refractivity contribution in [3.63, 3.8) is 0 Å². The van der Waals surface area contributed by atoms with Crippen LogP contribution in [0.5, 0.6) is 0 Å². The fourth-order valence-corrected chi connectivity index (χ4v) is 1.01. The van der Waals surface area contributed by atoms with E-state index in [1.54, 1.807) is 6.92 Å². The second-order valence-corrected chi connectivity index (χ2v) is 2.43. The Balaban J connectivity index is 2.53. The number of aliphatic hydroxyl groups excluding tert-OH is 2. The lowest BCUT2D eigenvalue weighted by Crippen LogP contribution is -2.32. The monoisotopic (exact) mass is 148 g/mol. The Morgan fingerprint density at radius 1 is 1.30 bits per heavy atom. The summed E-state index contributed by atoms with van der Waals surface area (Å²) in [6, 6.07) is 0. The fraction of sp³-hybridized carbons (Fsp3) is 1.00. The third kappa shape index (κ3) is 1.15. The maximum atomic E-state index is 9.13. The van der Waals surface area contributed by atoms with Crippen LogP contribution in [0.1, 0.15) is 6.92 Å². The van der Waals surface area contributed by atoms with Crippen molar-refractivity contribution < 1.29 is 19.7 Å². The highest BCUT2D eigenvalue weighted by Gasteiger charge is 2.40. The summed E-state index contributed by atoms with van der Waals surface area (Å²) in [4.78, 5) is 0. The summed E-state index contributed by atoms with van der Waals surface area (Å²) < 4.78 is 9.74. The zero-order valence-electron chi connectivity index (χ0n) is 6.02. The lowest BCUT2D eigenvalue weighted by molar-refractivity contribution is -0.146. The molecule has 2 N–H and O–H groups in total. The van der Waals surface area contributed by atoms with Gasteiger partial charge in [-0.25, -0.2) is 0 Å². The minimum absolute atomic E-state index is 0.347. The summed E-state index contributed by atoms with van der Waals surface area (Å²) in [6.07, 6.45) is -2.77. The minimum Gasteiger partial charge on any atom is -0.388 e. The summed E-state index contributed by atoms with van der Waals surface area (Å²) in [5.74, 6) is 0. The molecule has 0 unspecified atom stereocenters. The van der Waals surface area contributed by atoms with Gasteiger partial charge in [-0.3, -0.25) is 0 Å². The standard InChI is InChI=1S/C6H12O4/c1-3-4(7)5(8)6(9-2)10-3/h3-8H,1-2H3/t3-,4-,5+,6-/m0/s1. The number of methoxy groups -OCH3 is 1. The van der Waals surface area contributed by atoms with Crippen molar-refractivity contribution in [1.82, 2.24) is 0 Å². The maximum absolute atomic E-state index is 9.13. The zero-order valence-corrected chi connectivity index (χ0v) is 6.02. The average molecular weight is 148 g/mol. The van der Waals surface area contributed by atoms with Gasteiger partial charge in [0, 0.05) is 7.11 Å². The molecule has 1 saturated heterocycles. The quantitative estimate of drug-likeness (QED) is 0.506. The van der Waals surface area contributed by atoms with E-state index in [0.717, 1.165) is 0 Å². The van der Waals surface area contributed by atoms with Crippen LogP contribution in [-0.4, -0.2) is 41.9 Å². The zero-order chi connectivity index (χ0) is 7.72. The van der Waals surface area contributed by atoms with Crippen molar-refractivity contribution >= 4 is 0 Å². The molecule has 0 bridgehead atoms. The Morgan fingerprint density at radius 2 is 1.90 bits per heavy atom. The molecule has 1 rings (SSSR count). The molecule has 0 aliphatic carbocycles. The van der Waals surface area contributed by atoms with E-state index in [0.29, 0.717) is 0 Å². The lowest BCUT2D eigenvalue weighted by Gasteiger charge is -2.11. The largest absolute Gasteiger partial charge is 0.388 e. The lowest BCUT2D eigenvalue weighted by atomic mass is 10.2. The molecule has 0 amide bonds. The Labute approximate surface area is 59.4 Å². The van der Waals surface area contributed by atoms with Gasteiger partial charge in [0.05, 0.1) is 6.10 Å². The molecular weight excluding hydrogens is 136 g/mol. The molecule has 1 aliphatic rings. The molecular formula is C6H12O4. The third-order valence-electron chi connectivity index (χ3n) is 1.69. The number of hydrogen-bond donors (Lipinski definition) is 2. The Bertz CT molecular complexity index is 116. The SMILES string of the molecule is CO[C@H]1O[C@@H](C)[C@H](O)[C@H]1O. The van der Waals surface area contributed by atoms with E-state index < -0.39 is 18.5 Å². The predicted molar refractivity (Wildman–Crippen MR) is 33.4 cm³/mol. The highest BCUT2D eigenvalue weighted by atomic mass is 16.7. The first-order chi connectivity index (χ1) is 4.66. The van der Waals surface area contributed by atoms with Gasteiger partial charge in [0.25, 0.3) is 0 Å². The van der Waals surface area contributed by atoms with Crippen LogP contribution in [0.25, 0.3) is 0 Å². The molecule has 0 spiro atoms. The van der Waals surface area contributed by atoms with E-state index in [1.807, 2.05) is 0 Å². The number of rotatable bonds is 1. The van der Waals surface area contributed by atoms with E-state index in [4.69, 9.17) is 19.7 Å². The van der Waals surface area contributed by atoms with Crippen LogP contribution < -0.4 is 0 Å². The topological polar surface area (TPSA) is 58.9 Å². The molecule has 0 radical (unpaired) electrons. The second kappa shape index (κ2) is 2.84. The molecule has 60 valence electrons. The van der Waals surface area contributed by atoms with Crippen molar-refractivity contribution in [2.75, 3.05) is 7.11 Å². The number of hydrogen-bond acceptors (Lipinski definition) is 4. The summed E-state index contributed by atoms with van der Waals surface area (Å²) in [6.45, 7) is 1.69. The van der Waals surface area contributed by atoms with E-state index in [1.165, 1.54) is 7.11 Å². The van der Waals surface area contributed by atoms with Gasteiger partial charge in [0.2, 0.25) is 0 Å². The summed E-state index contributed by atoms with van der Waals surface area (Å²) in [5.41, 5.74) is 0. The predicted octanol–water partition coefficient (Wildman–Crippen LogP) is -0.901. The fourth-order valence-electron chi connectivity index (χ4n) is 1.01. The van der Waals surface area contributed by atoms with E-state index in [-0.39, 0.29) is 6.10 Å². The van der Waals surface area contributed by atoms with Crippen LogP contribution in [0.3, 0.4) is 0 Å². The van der Waals surface area contributed by atoms with Gasteiger partial charge < -0.3 is 19.7 Å². The minimum atomic E-state index is -0.917. The summed E-state index contributed by atoms with van der Waals surface area (Å²) in [5, 5.41) is 18.2. The molecule has 4 nitrogen and oxygen atoms in total. The summed E-state index contributed by atoms with van der Waals surface area (Å²) >= 11 is 0. The third-order valence-corrected chi connectivity index (χ3v) is 1.69. The average Bonchev–Trinajstić information content (AvgIpc) is 2.17. The van der Waals surface area contributed by atoms with E-state index >= 15 is 0 Å². The Hall–Kier alpha value is -0.160. The number of ether oxygens (including phenoxy) is 2. The Morgan fingerprint density at radius 3 is 2.10 bits per heavy atom. The van der Waals surface area contributed by atoms with Crippen molar-refractivity contribution in [2.45, 2.75) is 31.5 Å². The first-order valence-corrected chi connectivity index (χ1v) is 3.21. The molecule has 0 saturated carbocycles. The van der Waals surface area contributed by atoms with Crippen LogP contribution >= 0.6 is 0 Å². The molecule has 1 fully saturated rings. The molecule has 10 heavy (non-hydrogen) atoms. The first-order valence-electron chi connectivity index (χ1n) is 3.21. The van der Waals surface area contributed by atoms with Crippen LogP contribution in [0.4, 0.5) is 0 Å². The highest BCUT2D eigenvalue weighted by Crippen LogP contribution is 2.20. The van der Waals surface area contributed by atoms with Gasteiger partial charge in [0.1, 0.15) is 12.2 Å². The smallest absolute Gasteiger partial charge is 0.186 e. The van der Waals surface area contributed by atoms with Crippen LogP contribution in [0, 0.1) is 0 Å². The molecule has 0 aromatic rings. The van der Waals surface area contributed by atoms with Crippen molar-refractivity contribution in [2.24, 2.45) is 0 Å². The molecule has 4 heteroatoms. The van der Waals surface area contributed by atoms with Gasteiger partial charge in [-0.2, -0.15) is 0 Å².